The van der Waals surface area contributed by atoms with Gasteiger partial charge in [0.25, 0.3) is 0 Å². The second-order valence-corrected chi connectivity index (χ2v) is 17.3. The van der Waals surface area contributed by atoms with Crippen LogP contribution in [0.5, 0.6) is 0 Å². The van der Waals surface area contributed by atoms with Gasteiger partial charge in [0.15, 0.2) is 6.10 Å². The van der Waals surface area contributed by atoms with Crippen LogP contribution in [0.15, 0.2) is 36.5 Å². The number of hydrogen-bond donors (Lipinski definition) is 2. The van der Waals surface area contributed by atoms with Crippen LogP contribution in [0.2, 0.25) is 0 Å². The Morgan fingerprint density at radius 2 is 0.789 bits per heavy atom. The Morgan fingerprint density at radius 3 is 1.21 bits per heavy atom. The normalized spacial score (nSPS) is 12.7. The lowest BCUT2D eigenvalue weighted by Crippen LogP contribution is -2.29. The van der Waals surface area contributed by atoms with E-state index in [0.717, 1.165) is 70.6 Å². The van der Waals surface area contributed by atoms with Crippen LogP contribution in [-0.2, 0) is 28.2 Å². The number of rotatable bonds is 44. The summed E-state index contributed by atoms with van der Waals surface area (Å²) in [6.07, 6.45) is 53.0. The van der Waals surface area contributed by atoms with Gasteiger partial charge in [-0.15, -0.1) is 0 Å². The first-order valence-electron chi connectivity index (χ1n) is 23.8. The molecule has 0 aromatic carbocycles. The molecule has 0 aliphatic heterocycles. The highest BCUT2D eigenvalue weighted by Crippen LogP contribution is 2.36. The summed E-state index contributed by atoms with van der Waals surface area (Å²) in [5.74, 6) is -0.889. The van der Waals surface area contributed by atoms with E-state index in [0.29, 0.717) is 6.42 Å². The monoisotopic (exact) mass is 825 g/mol. The molecule has 8 nitrogen and oxygen atoms in total. The minimum absolute atomic E-state index is 0.199. The fourth-order valence-electron chi connectivity index (χ4n) is 6.85. The molecule has 0 saturated heterocycles. The van der Waals surface area contributed by atoms with Crippen LogP contribution in [0.25, 0.3) is 0 Å². The highest BCUT2D eigenvalue weighted by Gasteiger charge is 2.23. The predicted octanol–water partition coefficient (Wildman–Crippen LogP) is 14.9. The van der Waals surface area contributed by atoms with Gasteiger partial charge in [0.05, 0.1) is 6.61 Å². The van der Waals surface area contributed by atoms with Crippen LogP contribution in [0.1, 0.15) is 239 Å². The standard InChI is InChI=1S/C48H89O8P/c1-3-5-7-9-11-13-15-17-19-21-23-25-26-28-30-32-34-36-38-40-42-47(49)54-44-46(45-55-57(51,52)53)56-48(50)43-41-39-37-35-33-31-29-27-24-22-20-18-16-14-12-10-8-6-4-2/h12,14,18,20,24,27,46H,3-11,13,15-17,19,21-23,25-26,28-45H2,1-2H3,(H2,51,52,53)/b14-12-,20-18-,27-24-. The Morgan fingerprint density at radius 1 is 0.456 bits per heavy atom. The third-order valence-electron chi connectivity index (χ3n) is 10.4. The molecular weight excluding hydrogens is 735 g/mol. The summed E-state index contributed by atoms with van der Waals surface area (Å²) in [4.78, 5) is 43.0. The fraction of sp³-hybridized carbons (Fsp3) is 0.833. The Kier molecular flexibility index (Phi) is 42.5. The number of carbonyl (C=O) groups is 2. The van der Waals surface area contributed by atoms with Crippen LogP contribution >= 0.6 is 7.82 Å². The molecule has 0 bridgehead atoms. The van der Waals surface area contributed by atoms with Crippen molar-refractivity contribution >= 4 is 19.8 Å². The van der Waals surface area contributed by atoms with E-state index < -0.39 is 32.5 Å². The van der Waals surface area contributed by atoms with Gasteiger partial charge in [-0.25, -0.2) is 4.57 Å². The third kappa shape index (κ3) is 46.8. The molecule has 0 aliphatic carbocycles. The van der Waals surface area contributed by atoms with Crippen LogP contribution in [0.4, 0.5) is 0 Å². The summed E-state index contributed by atoms with van der Waals surface area (Å²) in [5, 5.41) is 0. The van der Waals surface area contributed by atoms with E-state index in [2.05, 4.69) is 54.8 Å². The predicted molar refractivity (Wildman–Crippen MR) is 239 cm³/mol. The number of phosphoric acid groups is 1. The van der Waals surface area contributed by atoms with Crippen molar-refractivity contribution in [3.05, 3.63) is 36.5 Å². The minimum atomic E-state index is -4.76. The van der Waals surface area contributed by atoms with Crippen LogP contribution < -0.4 is 0 Å². The van der Waals surface area contributed by atoms with Crippen molar-refractivity contribution in [1.29, 1.82) is 0 Å². The van der Waals surface area contributed by atoms with E-state index in [4.69, 9.17) is 19.3 Å². The average molecular weight is 825 g/mol. The topological polar surface area (TPSA) is 119 Å². The molecule has 0 radical (unpaired) electrons. The Labute approximate surface area is 351 Å². The second-order valence-electron chi connectivity index (χ2n) is 16.1. The van der Waals surface area contributed by atoms with Crippen LogP contribution in [0, 0.1) is 0 Å². The van der Waals surface area contributed by atoms with Gasteiger partial charge >= 0.3 is 19.8 Å². The summed E-state index contributed by atoms with van der Waals surface area (Å²) in [5.41, 5.74) is 0. The molecule has 1 atom stereocenters. The molecule has 0 saturated carbocycles. The zero-order valence-corrected chi connectivity index (χ0v) is 37.9. The lowest BCUT2D eigenvalue weighted by atomic mass is 10.0. The van der Waals surface area contributed by atoms with E-state index in [1.165, 1.54) is 135 Å². The van der Waals surface area contributed by atoms with Gasteiger partial charge in [0.2, 0.25) is 0 Å². The minimum Gasteiger partial charge on any atom is -0.462 e. The molecule has 0 rings (SSSR count). The van der Waals surface area contributed by atoms with E-state index >= 15 is 0 Å². The summed E-state index contributed by atoms with van der Waals surface area (Å²) in [7, 11) is -4.76. The molecular formula is C48H89O8P. The first kappa shape index (κ1) is 55.3. The maximum Gasteiger partial charge on any atom is 0.469 e. The molecule has 334 valence electrons. The number of allylic oxidation sites excluding steroid dienone is 6. The van der Waals surface area contributed by atoms with Crippen molar-refractivity contribution in [3.8, 4) is 0 Å². The number of ether oxygens (including phenoxy) is 2. The highest BCUT2D eigenvalue weighted by molar-refractivity contribution is 7.46. The molecule has 9 heteroatoms. The number of hydrogen-bond acceptors (Lipinski definition) is 6. The third-order valence-corrected chi connectivity index (χ3v) is 10.9. The van der Waals surface area contributed by atoms with Crippen LogP contribution in [0.3, 0.4) is 0 Å². The lowest BCUT2D eigenvalue weighted by Gasteiger charge is -2.18. The fourth-order valence-corrected chi connectivity index (χ4v) is 7.21. The van der Waals surface area contributed by atoms with E-state index in [1.54, 1.807) is 0 Å². The van der Waals surface area contributed by atoms with Gasteiger partial charge in [-0.2, -0.15) is 0 Å². The van der Waals surface area contributed by atoms with Gasteiger partial charge in [0.1, 0.15) is 6.61 Å². The first-order chi connectivity index (χ1) is 27.8. The van der Waals surface area contributed by atoms with Crippen molar-refractivity contribution in [2.45, 2.75) is 245 Å². The summed E-state index contributed by atoms with van der Waals surface area (Å²) in [6, 6.07) is 0. The SMILES string of the molecule is CCCCC/C=C\C/C=C\C/C=C\CCCCCCCCC(=O)OC(COC(=O)CCCCCCCCCCCCCCCCCCCCCC)COP(=O)(O)O. The highest BCUT2D eigenvalue weighted by atomic mass is 31.2. The van der Waals surface area contributed by atoms with E-state index in [1.807, 2.05) is 0 Å². The van der Waals surface area contributed by atoms with Gasteiger partial charge in [-0.05, 0) is 51.4 Å². The molecule has 2 N–H and O–H groups in total. The smallest absolute Gasteiger partial charge is 0.462 e. The zero-order chi connectivity index (χ0) is 41.8. The molecule has 0 aliphatic rings. The number of phosphoric ester groups is 1. The largest absolute Gasteiger partial charge is 0.469 e. The van der Waals surface area contributed by atoms with Crippen LogP contribution in [-0.4, -0.2) is 41.0 Å². The van der Waals surface area contributed by atoms with Crippen molar-refractivity contribution in [3.63, 3.8) is 0 Å². The van der Waals surface area contributed by atoms with Gasteiger partial charge < -0.3 is 19.3 Å². The summed E-state index contributed by atoms with van der Waals surface area (Å²) in [6.45, 7) is 3.68. The first-order valence-corrected chi connectivity index (χ1v) is 25.3. The maximum atomic E-state index is 12.4. The van der Waals surface area contributed by atoms with Crippen molar-refractivity contribution < 1.29 is 37.9 Å². The molecule has 1 unspecified atom stereocenters. The molecule has 57 heavy (non-hydrogen) atoms. The van der Waals surface area contributed by atoms with Gasteiger partial charge in [0, 0.05) is 12.8 Å². The average Bonchev–Trinajstić information content (AvgIpc) is 3.18. The lowest BCUT2D eigenvalue weighted by molar-refractivity contribution is -0.161. The summed E-state index contributed by atoms with van der Waals surface area (Å²) < 4.78 is 26.5. The van der Waals surface area contributed by atoms with E-state index in [9.17, 15) is 14.2 Å². The summed E-state index contributed by atoms with van der Waals surface area (Å²) >= 11 is 0. The molecule has 0 fully saturated rings. The van der Waals surface area contributed by atoms with Crippen molar-refractivity contribution in [2.75, 3.05) is 13.2 Å². The quantitative estimate of drug-likeness (QED) is 0.0270. The van der Waals surface area contributed by atoms with Gasteiger partial charge in [-0.1, -0.05) is 211 Å². The van der Waals surface area contributed by atoms with Crippen molar-refractivity contribution in [1.82, 2.24) is 0 Å². The van der Waals surface area contributed by atoms with Gasteiger partial charge in [-0.3, -0.25) is 14.1 Å². The Balaban J connectivity index is 3.86. The second kappa shape index (κ2) is 43.8. The Bertz CT molecular complexity index is 1020. The maximum absolute atomic E-state index is 12.4. The Hall–Kier alpha value is -1.73. The van der Waals surface area contributed by atoms with Crippen molar-refractivity contribution in [2.24, 2.45) is 0 Å². The molecule has 0 aromatic heterocycles. The van der Waals surface area contributed by atoms with E-state index in [-0.39, 0.29) is 19.4 Å². The number of esters is 2. The number of carbonyl (C=O) groups excluding carboxylic acids is 2. The molecule has 0 aromatic rings. The molecule has 0 heterocycles. The molecule has 0 spiro atoms. The molecule has 0 amide bonds. The number of unbranched alkanes of at least 4 members (excludes halogenated alkanes) is 28. The zero-order valence-electron chi connectivity index (χ0n) is 37.0.